The quantitative estimate of drug-likeness (QED) is 0.261. The molecule has 152 valence electrons. The Morgan fingerprint density at radius 2 is 1.55 bits per heavy atom. The van der Waals surface area contributed by atoms with Gasteiger partial charge in [0.05, 0.1) is 4.92 Å². The standard InChI is InChI=1S/C16H12N2O9S2/c19-15-5-6-16(29(25,26)27)11-3-1-9(7-12(11)15)17-13-4-2-10(28(22,23)24)8-14(13)18(20)21/h1-8,17,19H,(H,22,23,24)(H,25,26,27). The van der Waals surface area contributed by atoms with E-state index in [1.807, 2.05) is 0 Å². The van der Waals surface area contributed by atoms with E-state index in [1.54, 1.807) is 0 Å². The Morgan fingerprint density at radius 3 is 2.14 bits per heavy atom. The summed E-state index contributed by atoms with van der Waals surface area (Å²) in [5, 5.41) is 24.0. The molecule has 0 bridgehead atoms. The summed E-state index contributed by atoms with van der Waals surface area (Å²) in [6.07, 6.45) is 0. The van der Waals surface area contributed by atoms with Gasteiger partial charge in [0, 0.05) is 22.5 Å². The van der Waals surface area contributed by atoms with Crippen molar-refractivity contribution >= 4 is 48.1 Å². The normalized spacial score (nSPS) is 12.1. The molecule has 0 spiro atoms. The summed E-state index contributed by atoms with van der Waals surface area (Å²) in [4.78, 5) is 9.32. The molecule has 0 aliphatic heterocycles. The van der Waals surface area contributed by atoms with Crippen LogP contribution in [0.2, 0.25) is 0 Å². The lowest BCUT2D eigenvalue weighted by atomic mass is 10.1. The number of benzene rings is 3. The van der Waals surface area contributed by atoms with Crippen molar-refractivity contribution in [3.05, 3.63) is 58.6 Å². The van der Waals surface area contributed by atoms with Gasteiger partial charge in [0.15, 0.2) is 0 Å². The molecule has 3 aromatic carbocycles. The molecule has 0 radical (unpaired) electrons. The molecule has 0 saturated heterocycles. The third-order valence-corrected chi connectivity index (χ3v) is 5.74. The average Bonchev–Trinajstić information content (AvgIpc) is 2.60. The van der Waals surface area contributed by atoms with E-state index < -0.39 is 40.6 Å². The summed E-state index contributed by atoms with van der Waals surface area (Å²) < 4.78 is 63.7. The van der Waals surface area contributed by atoms with Gasteiger partial charge in [0.2, 0.25) is 0 Å². The van der Waals surface area contributed by atoms with E-state index in [-0.39, 0.29) is 27.9 Å². The lowest BCUT2D eigenvalue weighted by molar-refractivity contribution is -0.384. The molecule has 0 saturated carbocycles. The molecule has 29 heavy (non-hydrogen) atoms. The SMILES string of the molecule is O=[N+]([O-])c1cc(S(=O)(=O)O)ccc1Nc1ccc2c(S(=O)(=O)O)ccc(O)c2c1. The van der Waals surface area contributed by atoms with Crippen LogP contribution in [-0.4, -0.2) is 36.0 Å². The molecule has 11 nitrogen and oxygen atoms in total. The maximum atomic E-state index is 11.5. The summed E-state index contributed by atoms with van der Waals surface area (Å²) in [5.74, 6) is -0.299. The van der Waals surface area contributed by atoms with Gasteiger partial charge in [-0.1, -0.05) is 6.07 Å². The van der Waals surface area contributed by atoms with Gasteiger partial charge < -0.3 is 10.4 Å². The number of phenols is 1. The van der Waals surface area contributed by atoms with Gasteiger partial charge in [-0.05, 0) is 36.4 Å². The second kappa shape index (κ2) is 6.97. The van der Waals surface area contributed by atoms with Crippen LogP contribution in [0.5, 0.6) is 5.75 Å². The number of phenolic OH excluding ortho intramolecular Hbond substituents is 1. The van der Waals surface area contributed by atoms with Crippen molar-refractivity contribution in [1.82, 2.24) is 0 Å². The highest BCUT2D eigenvalue weighted by molar-refractivity contribution is 7.86. The first-order valence-electron chi connectivity index (χ1n) is 7.64. The highest BCUT2D eigenvalue weighted by Crippen LogP contribution is 2.35. The van der Waals surface area contributed by atoms with E-state index in [0.29, 0.717) is 6.07 Å². The lowest BCUT2D eigenvalue weighted by Gasteiger charge is -2.11. The minimum atomic E-state index is -4.65. The fourth-order valence-corrected chi connectivity index (χ4v) is 3.89. The van der Waals surface area contributed by atoms with Crippen LogP contribution in [0.3, 0.4) is 0 Å². The molecule has 0 heterocycles. The molecule has 0 unspecified atom stereocenters. The third-order valence-electron chi connectivity index (χ3n) is 3.97. The van der Waals surface area contributed by atoms with Crippen LogP contribution < -0.4 is 5.32 Å². The van der Waals surface area contributed by atoms with Gasteiger partial charge in [-0.25, -0.2) is 0 Å². The van der Waals surface area contributed by atoms with Crippen molar-refractivity contribution in [2.75, 3.05) is 5.32 Å². The number of nitrogens with zero attached hydrogens (tertiary/aromatic N) is 1. The predicted molar refractivity (Wildman–Crippen MR) is 102 cm³/mol. The highest BCUT2D eigenvalue weighted by Gasteiger charge is 2.21. The van der Waals surface area contributed by atoms with Crippen LogP contribution in [0.4, 0.5) is 17.1 Å². The maximum Gasteiger partial charge on any atom is 0.295 e. The van der Waals surface area contributed by atoms with Gasteiger partial charge >= 0.3 is 0 Å². The Bertz CT molecular complexity index is 1370. The molecule has 13 heteroatoms. The first-order valence-corrected chi connectivity index (χ1v) is 10.5. The van der Waals surface area contributed by atoms with E-state index in [4.69, 9.17) is 4.55 Å². The summed E-state index contributed by atoms with van der Waals surface area (Å²) in [6.45, 7) is 0. The zero-order valence-electron chi connectivity index (χ0n) is 14.2. The minimum Gasteiger partial charge on any atom is -0.507 e. The van der Waals surface area contributed by atoms with E-state index >= 15 is 0 Å². The smallest absolute Gasteiger partial charge is 0.295 e. The van der Waals surface area contributed by atoms with Crippen molar-refractivity contribution in [3.8, 4) is 5.75 Å². The van der Waals surface area contributed by atoms with Crippen LogP contribution in [0.1, 0.15) is 0 Å². The van der Waals surface area contributed by atoms with Crippen molar-refractivity contribution in [2.24, 2.45) is 0 Å². The predicted octanol–water partition coefficient (Wildman–Crippen LogP) is 2.69. The van der Waals surface area contributed by atoms with Crippen molar-refractivity contribution in [3.63, 3.8) is 0 Å². The van der Waals surface area contributed by atoms with Crippen LogP contribution in [0, 0.1) is 10.1 Å². The van der Waals surface area contributed by atoms with E-state index in [9.17, 15) is 36.6 Å². The van der Waals surface area contributed by atoms with Crippen LogP contribution in [-0.2, 0) is 20.2 Å². The molecule has 4 N–H and O–H groups in total. The fraction of sp³-hybridized carbons (Fsp3) is 0. The monoisotopic (exact) mass is 440 g/mol. The Hall–Kier alpha value is -3.26. The molecule has 0 aliphatic carbocycles. The first kappa shape index (κ1) is 20.5. The summed E-state index contributed by atoms with van der Waals surface area (Å²) in [6, 6.07) is 8.71. The second-order valence-corrected chi connectivity index (χ2v) is 8.67. The third kappa shape index (κ3) is 4.12. The van der Waals surface area contributed by atoms with E-state index in [2.05, 4.69) is 5.32 Å². The number of nitrogens with one attached hydrogen (secondary N) is 1. The largest absolute Gasteiger partial charge is 0.507 e. The molecular weight excluding hydrogens is 428 g/mol. The number of hydrogen-bond donors (Lipinski definition) is 4. The lowest BCUT2D eigenvalue weighted by Crippen LogP contribution is -2.02. The average molecular weight is 440 g/mol. The molecule has 3 rings (SSSR count). The van der Waals surface area contributed by atoms with Crippen LogP contribution in [0.15, 0.2) is 58.3 Å². The highest BCUT2D eigenvalue weighted by atomic mass is 32.2. The minimum absolute atomic E-state index is 0.0225. The van der Waals surface area contributed by atoms with Crippen molar-refractivity contribution < 1.29 is 36.0 Å². The number of aromatic hydroxyl groups is 1. The van der Waals surface area contributed by atoms with Crippen molar-refractivity contribution in [2.45, 2.75) is 9.79 Å². The molecule has 0 amide bonds. The molecule has 0 atom stereocenters. The summed E-state index contributed by atoms with van der Waals surface area (Å²) in [7, 11) is -9.20. The Morgan fingerprint density at radius 1 is 0.862 bits per heavy atom. The molecule has 0 fully saturated rings. The second-order valence-electron chi connectivity index (χ2n) is 5.85. The van der Waals surface area contributed by atoms with E-state index in [1.165, 1.54) is 18.2 Å². The van der Waals surface area contributed by atoms with Gasteiger partial charge in [-0.3, -0.25) is 19.2 Å². The number of hydrogen-bond acceptors (Lipinski definition) is 8. The topological polar surface area (TPSA) is 184 Å². The number of nitro groups is 1. The molecule has 0 aromatic heterocycles. The van der Waals surface area contributed by atoms with Gasteiger partial charge in [-0.2, -0.15) is 16.8 Å². The zero-order chi connectivity index (χ0) is 21.6. The van der Waals surface area contributed by atoms with Gasteiger partial charge in [0.1, 0.15) is 21.2 Å². The Labute approximate surface area is 163 Å². The number of fused-ring (bicyclic) bond motifs is 1. The summed E-state index contributed by atoms with van der Waals surface area (Å²) in [5.41, 5.74) is -0.564. The summed E-state index contributed by atoms with van der Waals surface area (Å²) >= 11 is 0. The Kier molecular flexibility index (Phi) is 4.92. The first-order chi connectivity index (χ1) is 13.4. The maximum absolute atomic E-state index is 11.5. The van der Waals surface area contributed by atoms with E-state index in [0.717, 1.165) is 24.3 Å². The Balaban J connectivity index is 2.12. The van der Waals surface area contributed by atoms with Gasteiger partial charge in [-0.15, -0.1) is 0 Å². The number of anilines is 2. The fourth-order valence-electron chi connectivity index (χ4n) is 2.69. The molecular formula is C16H12N2O9S2. The van der Waals surface area contributed by atoms with Gasteiger partial charge in [0.25, 0.3) is 25.9 Å². The van der Waals surface area contributed by atoms with Crippen LogP contribution in [0.25, 0.3) is 10.8 Å². The van der Waals surface area contributed by atoms with Crippen LogP contribution >= 0.6 is 0 Å². The van der Waals surface area contributed by atoms with Crippen molar-refractivity contribution in [1.29, 1.82) is 0 Å². The number of nitro benzene ring substituents is 1. The number of rotatable bonds is 5. The molecule has 0 aliphatic rings. The zero-order valence-corrected chi connectivity index (χ0v) is 15.8. The molecule has 3 aromatic rings.